The maximum atomic E-state index is 13.3. The Balaban J connectivity index is 2.08. The van der Waals surface area contributed by atoms with Crippen molar-refractivity contribution in [2.24, 2.45) is 0 Å². The van der Waals surface area contributed by atoms with E-state index >= 15 is 0 Å². The molecule has 0 fully saturated rings. The van der Waals surface area contributed by atoms with Crippen LogP contribution in [0.25, 0.3) is 11.3 Å². The molecule has 3 rings (SSSR count). The van der Waals surface area contributed by atoms with Crippen LogP contribution in [0.4, 0.5) is 16.0 Å². The molecule has 0 atom stereocenters. The number of H-pyrrole nitrogens is 1. The third kappa shape index (κ3) is 3.26. The molecule has 0 amide bonds. The third-order valence-electron chi connectivity index (χ3n) is 3.24. The monoisotopic (exact) mass is 340 g/mol. The smallest absolute Gasteiger partial charge is 0.270 e. The van der Waals surface area contributed by atoms with Crippen molar-refractivity contribution in [3.05, 3.63) is 75.3 Å². The molecule has 7 heteroatoms. The molecular weight excluding hydrogens is 331 g/mol. The lowest BCUT2D eigenvalue weighted by molar-refractivity contribution is 0.628. The number of halogens is 2. The molecule has 0 radical (unpaired) electrons. The molecule has 1 aromatic heterocycles. The van der Waals surface area contributed by atoms with Crippen molar-refractivity contribution < 1.29 is 4.39 Å². The van der Waals surface area contributed by atoms with Gasteiger partial charge in [0.2, 0.25) is 5.95 Å². The van der Waals surface area contributed by atoms with Gasteiger partial charge in [0.05, 0.1) is 5.69 Å². The molecule has 0 spiro atoms. The number of nitrogens with zero attached hydrogens (tertiary/aromatic N) is 2. The zero-order valence-electron chi connectivity index (χ0n) is 12.2. The van der Waals surface area contributed by atoms with Gasteiger partial charge >= 0.3 is 0 Å². The first-order valence-electron chi connectivity index (χ1n) is 6.90. The van der Waals surface area contributed by atoms with Gasteiger partial charge in [-0.2, -0.15) is 5.26 Å². The lowest BCUT2D eigenvalue weighted by atomic mass is 10.1. The number of anilines is 2. The highest BCUT2D eigenvalue weighted by molar-refractivity contribution is 6.30. The second-order valence-corrected chi connectivity index (χ2v) is 5.33. The fourth-order valence-electron chi connectivity index (χ4n) is 2.16. The number of nitriles is 1. The zero-order valence-corrected chi connectivity index (χ0v) is 12.9. The molecule has 2 N–H and O–H groups in total. The first-order chi connectivity index (χ1) is 11.6. The Morgan fingerprint density at radius 2 is 1.96 bits per heavy atom. The van der Waals surface area contributed by atoms with Crippen LogP contribution in [-0.2, 0) is 0 Å². The number of benzene rings is 2. The van der Waals surface area contributed by atoms with Crippen molar-refractivity contribution in [2.45, 2.75) is 0 Å². The van der Waals surface area contributed by atoms with Gasteiger partial charge in [-0.15, -0.1) is 0 Å². The van der Waals surface area contributed by atoms with E-state index in [0.717, 1.165) is 0 Å². The van der Waals surface area contributed by atoms with Crippen LogP contribution in [0.3, 0.4) is 0 Å². The van der Waals surface area contributed by atoms with Crippen molar-refractivity contribution in [2.75, 3.05) is 5.32 Å². The van der Waals surface area contributed by atoms with Crippen molar-refractivity contribution >= 4 is 23.2 Å². The summed E-state index contributed by atoms with van der Waals surface area (Å²) in [5.74, 6) is -0.316. The maximum absolute atomic E-state index is 13.3. The fraction of sp³-hybridized carbons (Fsp3) is 0. The van der Waals surface area contributed by atoms with Crippen LogP contribution in [0.1, 0.15) is 5.56 Å². The van der Waals surface area contributed by atoms with Gasteiger partial charge in [0, 0.05) is 16.3 Å². The molecule has 0 bridgehead atoms. The molecule has 3 aromatic rings. The molecule has 24 heavy (non-hydrogen) atoms. The second kappa shape index (κ2) is 6.52. The number of hydrogen-bond donors (Lipinski definition) is 2. The van der Waals surface area contributed by atoms with Gasteiger partial charge in [-0.25, -0.2) is 9.37 Å². The van der Waals surface area contributed by atoms with Crippen LogP contribution in [0.5, 0.6) is 0 Å². The first kappa shape index (κ1) is 15.7. The molecule has 5 nitrogen and oxygen atoms in total. The van der Waals surface area contributed by atoms with Crippen LogP contribution in [0.15, 0.2) is 53.3 Å². The van der Waals surface area contributed by atoms with E-state index in [0.29, 0.717) is 16.3 Å². The summed E-state index contributed by atoms with van der Waals surface area (Å²) in [4.78, 5) is 18.9. The Morgan fingerprint density at radius 1 is 1.21 bits per heavy atom. The molecule has 0 saturated heterocycles. The highest BCUT2D eigenvalue weighted by Gasteiger charge is 2.13. The molecule has 0 aliphatic heterocycles. The zero-order chi connectivity index (χ0) is 17.1. The van der Waals surface area contributed by atoms with E-state index in [9.17, 15) is 14.4 Å². The minimum absolute atomic E-state index is 0.106. The minimum atomic E-state index is -0.587. The summed E-state index contributed by atoms with van der Waals surface area (Å²) in [5, 5.41) is 12.6. The molecule has 0 aliphatic carbocycles. The van der Waals surface area contributed by atoms with Crippen molar-refractivity contribution in [1.82, 2.24) is 9.97 Å². The van der Waals surface area contributed by atoms with Crippen LogP contribution < -0.4 is 10.9 Å². The average Bonchev–Trinajstić information content (AvgIpc) is 2.55. The van der Waals surface area contributed by atoms with Gasteiger partial charge in [-0.3, -0.25) is 9.78 Å². The summed E-state index contributed by atoms with van der Waals surface area (Å²) >= 11 is 5.86. The van der Waals surface area contributed by atoms with Crippen molar-refractivity contribution in [3.8, 4) is 17.3 Å². The lowest BCUT2D eigenvalue weighted by Crippen LogP contribution is -2.16. The van der Waals surface area contributed by atoms with E-state index in [1.165, 1.54) is 18.2 Å². The second-order valence-electron chi connectivity index (χ2n) is 4.89. The van der Waals surface area contributed by atoms with E-state index < -0.39 is 11.4 Å². The number of rotatable bonds is 3. The lowest BCUT2D eigenvalue weighted by Gasteiger charge is -2.09. The van der Waals surface area contributed by atoms with Gasteiger partial charge in [0.25, 0.3) is 5.56 Å². The van der Waals surface area contributed by atoms with E-state index in [2.05, 4.69) is 15.3 Å². The van der Waals surface area contributed by atoms with Crippen LogP contribution in [0.2, 0.25) is 5.02 Å². The first-order valence-corrected chi connectivity index (χ1v) is 7.27. The molecule has 1 heterocycles. The molecule has 0 aliphatic rings. The predicted molar refractivity (Wildman–Crippen MR) is 89.7 cm³/mol. The standard InChI is InChI=1S/C17H10ClFN4O/c18-11-6-4-10(5-7-11)15-14(9-20)16(24)23-17(22-15)21-13-3-1-2-12(19)8-13/h1-8H,(H2,21,22,23,24). The van der Waals surface area contributed by atoms with E-state index in [1.807, 2.05) is 6.07 Å². The quantitative estimate of drug-likeness (QED) is 0.759. The summed E-state index contributed by atoms with van der Waals surface area (Å²) in [7, 11) is 0. The van der Waals surface area contributed by atoms with Crippen LogP contribution >= 0.6 is 11.6 Å². The maximum Gasteiger partial charge on any atom is 0.270 e. The summed E-state index contributed by atoms with van der Waals surface area (Å²) in [6, 6.07) is 14.2. The van der Waals surface area contributed by atoms with E-state index in [4.69, 9.17) is 11.6 Å². The van der Waals surface area contributed by atoms with Crippen LogP contribution in [-0.4, -0.2) is 9.97 Å². The van der Waals surface area contributed by atoms with Gasteiger partial charge in [-0.05, 0) is 30.3 Å². The fourth-order valence-corrected chi connectivity index (χ4v) is 2.28. The number of aromatic nitrogens is 2. The summed E-state index contributed by atoms with van der Waals surface area (Å²) in [5.41, 5.74) is 0.518. The normalized spacial score (nSPS) is 10.2. The van der Waals surface area contributed by atoms with Gasteiger partial charge < -0.3 is 5.32 Å². The van der Waals surface area contributed by atoms with E-state index in [1.54, 1.807) is 30.3 Å². The Hall–Kier alpha value is -3.17. The Bertz CT molecular complexity index is 993. The van der Waals surface area contributed by atoms with Gasteiger partial charge in [0.1, 0.15) is 17.4 Å². The number of hydrogen-bond acceptors (Lipinski definition) is 4. The highest BCUT2D eigenvalue weighted by atomic mass is 35.5. The Labute approximate surface area is 141 Å². The summed E-state index contributed by atoms with van der Waals surface area (Å²) in [6.45, 7) is 0. The largest absolute Gasteiger partial charge is 0.326 e. The van der Waals surface area contributed by atoms with Crippen molar-refractivity contribution in [3.63, 3.8) is 0 Å². The molecule has 0 saturated carbocycles. The molecule has 0 unspecified atom stereocenters. The number of nitrogens with one attached hydrogen (secondary N) is 2. The Kier molecular flexibility index (Phi) is 4.27. The van der Waals surface area contributed by atoms with E-state index in [-0.39, 0.29) is 17.2 Å². The Morgan fingerprint density at radius 3 is 2.62 bits per heavy atom. The molecule has 2 aromatic carbocycles. The molecule has 118 valence electrons. The third-order valence-corrected chi connectivity index (χ3v) is 3.49. The van der Waals surface area contributed by atoms with Gasteiger partial charge in [-0.1, -0.05) is 29.8 Å². The predicted octanol–water partition coefficient (Wildman–Crippen LogP) is 3.84. The highest BCUT2D eigenvalue weighted by Crippen LogP contribution is 2.23. The SMILES string of the molecule is N#Cc1c(-c2ccc(Cl)cc2)nc(Nc2cccc(F)c2)[nH]c1=O. The van der Waals surface area contributed by atoms with Crippen LogP contribution in [0, 0.1) is 17.1 Å². The number of aromatic amines is 1. The van der Waals surface area contributed by atoms with Gasteiger partial charge in [0.15, 0.2) is 0 Å². The molecular formula is C17H10ClFN4O. The average molecular weight is 341 g/mol. The summed E-state index contributed by atoms with van der Waals surface area (Å²) in [6.07, 6.45) is 0. The topological polar surface area (TPSA) is 81.6 Å². The minimum Gasteiger partial charge on any atom is -0.326 e. The summed E-state index contributed by atoms with van der Waals surface area (Å²) < 4.78 is 13.3. The van der Waals surface area contributed by atoms with Crippen molar-refractivity contribution in [1.29, 1.82) is 5.26 Å².